The third-order valence-electron chi connectivity index (χ3n) is 5.03. The maximum absolute atomic E-state index is 13.1. The smallest absolute Gasteiger partial charge is 0.243 e. The molecule has 0 radical (unpaired) electrons. The molecule has 0 aliphatic carbocycles. The number of nitrogens with one attached hydrogen (secondary N) is 1. The summed E-state index contributed by atoms with van der Waals surface area (Å²) in [7, 11) is -3.71. The van der Waals surface area contributed by atoms with Gasteiger partial charge in [0.25, 0.3) is 0 Å². The van der Waals surface area contributed by atoms with E-state index >= 15 is 0 Å². The molecule has 1 atom stereocenters. The number of aryl methyl sites for hydroxylation is 1. The number of nitrogens with zero attached hydrogens (tertiary/aromatic N) is 1. The van der Waals surface area contributed by atoms with Gasteiger partial charge in [-0.15, -0.1) is 0 Å². The number of ether oxygens (including phenoxy) is 1. The van der Waals surface area contributed by atoms with Gasteiger partial charge in [0.2, 0.25) is 15.9 Å². The number of benzene rings is 2. The molecule has 162 valence electrons. The highest BCUT2D eigenvalue weighted by atomic mass is 35.5. The number of halogens is 2. The third-order valence-corrected chi connectivity index (χ3v) is 7.63. The molecule has 6 nitrogen and oxygen atoms in total. The molecule has 1 amide bonds. The Kier molecular flexibility index (Phi) is 7.29. The Hall–Kier alpha value is -1.80. The third kappa shape index (κ3) is 5.09. The lowest BCUT2D eigenvalue weighted by Gasteiger charge is -2.31. The molecule has 0 saturated carbocycles. The molecule has 2 aromatic carbocycles. The summed E-state index contributed by atoms with van der Waals surface area (Å²) in [5.41, 5.74) is 1.28. The first kappa shape index (κ1) is 22.9. The molecule has 9 heteroatoms. The number of carbonyl (C=O) groups is 1. The Bertz CT molecular complexity index is 1040. The standard InChI is InChI=1S/C21H24Cl2N2O4S/c1-3-29-20-9-7-17(11-14(20)2)30(27,28)25-10-4-5-15(13-25)21(26)24-16-6-8-18(22)19(23)12-16/h6-9,11-12,15H,3-5,10,13H2,1-2H3,(H,24,26)/t15-/m0/s1. The number of anilines is 1. The number of sulfonamides is 1. The lowest BCUT2D eigenvalue weighted by Crippen LogP contribution is -2.43. The minimum absolute atomic E-state index is 0.127. The van der Waals surface area contributed by atoms with E-state index in [0.29, 0.717) is 47.5 Å². The fourth-order valence-corrected chi connectivity index (χ4v) is 5.35. The van der Waals surface area contributed by atoms with Crippen molar-refractivity contribution < 1.29 is 17.9 Å². The molecule has 3 rings (SSSR count). The van der Waals surface area contributed by atoms with Crippen molar-refractivity contribution in [1.29, 1.82) is 0 Å². The van der Waals surface area contributed by atoms with Crippen molar-refractivity contribution in [3.63, 3.8) is 0 Å². The van der Waals surface area contributed by atoms with E-state index in [4.69, 9.17) is 27.9 Å². The zero-order valence-electron chi connectivity index (χ0n) is 16.8. The summed E-state index contributed by atoms with van der Waals surface area (Å²) < 4.78 is 33.1. The van der Waals surface area contributed by atoms with Gasteiger partial charge in [-0.3, -0.25) is 4.79 Å². The van der Waals surface area contributed by atoms with Gasteiger partial charge in [-0.2, -0.15) is 4.31 Å². The average Bonchev–Trinajstić information content (AvgIpc) is 2.72. The monoisotopic (exact) mass is 470 g/mol. The van der Waals surface area contributed by atoms with Crippen LogP contribution in [0.3, 0.4) is 0 Å². The lowest BCUT2D eigenvalue weighted by atomic mass is 9.99. The van der Waals surface area contributed by atoms with Crippen molar-refractivity contribution in [1.82, 2.24) is 4.31 Å². The molecular weight excluding hydrogens is 447 g/mol. The molecule has 1 heterocycles. The molecule has 1 saturated heterocycles. The Labute approximate surface area is 187 Å². The van der Waals surface area contributed by atoms with Crippen LogP contribution in [0, 0.1) is 12.8 Å². The van der Waals surface area contributed by atoms with Crippen LogP contribution in [0.1, 0.15) is 25.3 Å². The Morgan fingerprint density at radius 1 is 1.20 bits per heavy atom. The molecular formula is C21H24Cl2N2O4S. The van der Waals surface area contributed by atoms with Crippen molar-refractivity contribution in [2.24, 2.45) is 5.92 Å². The van der Waals surface area contributed by atoms with Gasteiger partial charge in [0.15, 0.2) is 0 Å². The summed E-state index contributed by atoms with van der Waals surface area (Å²) in [4.78, 5) is 12.9. The van der Waals surface area contributed by atoms with E-state index in [1.807, 2.05) is 13.8 Å². The maximum Gasteiger partial charge on any atom is 0.243 e. The number of hydrogen-bond acceptors (Lipinski definition) is 4. The van der Waals surface area contributed by atoms with Crippen molar-refractivity contribution in [2.45, 2.75) is 31.6 Å². The highest BCUT2D eigenvalue weighted by Gasteiger charge is 2.33. The lowest BCUT2D eigenvalue weighted by molar-refractivity contribution is -0.120. The Morgan fingerprint density at radius 2 is 1.97 bits per heavy atom. The molecule has 1 fully saturated rings. The second-order valence-corrected chi connectivity index (χ2v) is 9.93. The number of rotatable bonds is 6. The highest BCUT2D eigenvalue weighted by Crippen LogP contribution is 2.29. The van der Waals surface area contributed by atoms with Gasteiger partial charge < -0.3 is 10.1 Å². The van der Waals surface area contributed by atoms with Gasteiger partial charge in [0.05, 0.1) is 27.5 Å². The van der Waals surface area contributed by atoms with Crippen molar-refractivity contribution >= 4 is 44.8 Å². The summed E-state index contributed by atoms with van der Waals surface area (Å²) in [5, 5.41) is 3.54. The fraction of sp³-hybridized carbons (Fsp3) is 0.381. The molecule has 30 heavy (non-hydrogen) atoms. The largest absolute Gasteiger partial charge is 0.494 e. The normalized spacial score (nSPS) is 17.5. The molecule has 0 aromatic heterocycles. The molecule has 1 N–H and O–H groups in total. The van der Waals surface area contributed by atoms with Gasteiger partial charge in [-0.05, 0) is 68.7 Å². The Morgan fingerprint density at radius 3 is 2.63 bits per heavy atom. The van der Waals surface area contributed by atoms with Crippen LogP contribution in [0.5, 0.6) is 5.75 Å². The molecule has 1 aliphatic rings. The van der Waals surface area contributed by atoms with E-state index in [-0.39, 0.29) is 17.3 Å². The van der Waals surface area contributed by atoms with Crippen LogP contribution in [-0.2, 0) is 14.8 Å². The maximum atomic E-state index is 13.1. The summed E-state index contributed by atoms with van der Waals surface area (Å²) in [6.07, 6.45) is 1.22. The SMILES string of the molecule is CCOc1ccc(S(=O)(=O)N2CCC[C@H](C(=O)Nc3ccc(Cl)c(Cl)c3)C2)cc1C. The van der Waals surface area contributed by atoms with Crippen LogP contribution in [0.15, 0.2) is 41.3 Å². The van der Waals surface area contributed by atoms with Crippen molar-refractivity contribution in [2.75, 3.05) is 25.0 Å². The average molecular weight is 471 g/mol. The van der Waals surface area contributed by atoms with E-state index in [1.54, 1.807) is 36.4 Å². The van der Waals surface area contributed by atoms with Crippen molar-refractivity contribution in [3.05, 3.63) is 52.0 Å². The minimum atomic E-state index is -3.71. The van der Waals surface area contributed by atoms with Crippen LogP contribution >= 0.6 is 23.2 Å². The van der Waals surface area contributed by atoms with Crippen LogP contribution < -0.4 is 10.1 Å². The number of hydrogen-bond donors (Lipinski definition) is 1. The second kappa shape index (κ2) is 9.56. The first-order valence-corrected chi connectivity index (χ1v) is 11.9. The molecule has 0 spiro atoms. The molecule has 1 aliphatic heterocycles. The Balaban J connectivity index is 1.73. The van der Waals surface area contributed by atoms with E-state index < -0.39 is 15.9 Å². The number of carbonyl (C=O) groups excluding carboxylic acids is 1. The second-order valence-electron chi connectivity index (χ2n) is 7.18. The zero-order valence-corrected chi connectivity index (χ0v) is 19.1. The topological polar surface area (TPSA) is 75.7 Å². The minimum Gasteiger partial charge on any atom is -0.494 e. The quantitative estimate of drug-likeness (QED) is 0.661. The first-order chi connectivity index (χ1) is 14.2. The summed E-state index contributed by atoms with van der Waals surface area (Å²) in [6, 6.07) is 9.66. The molecule has 2 aromatic rings. The van der Waals surface area contributed by atoms with Crippen LogP contribution in [0.2, 0.25) is 10.0 Å². The van der Waals surface area contributed by atoms with Gasteiger partial charge in [0.1, 0.15) is 5.75 Å². The first-order valence-electron chi connectivity index (χ1n) is 9.72. The van der Waals surface area contributed by atoms with E-state index in [1.165, 1.54) is 4.31 Å². The highest BCUT2D eigenvalue weighted by molar-refractivity contribution is 7.89. The fourth-order valence-electron chi connectivity index (χ4n) is 3.44. The summed E-state index contributed by atoms with van der Waals surface area (Å²) >= 11 is 11.9. The van der Waals surface area contributed by atoms with E-state index in [2.05, 4.69) is 5.32 Å². The van der Waals surface area contributed by atoms with E-state index in [0.717, 1.165) is 5.56 Å². The van der Waals surface area contributed by atoms with Gasteiger partial charge in [-0.1, -0.05) is 23.2 Å². The zero-order chi connectivity index (χ0) is 21.9. The number of amides is 1. The molecule has 0 unspecified atom stereocenters. The summed E-state index contributed by atoms with van der Waals surface area (Å²) in [6.45, 7) is 4.70. The van der Waals surface area contributed by atoms with Crippen molar-refractivity contribution in [3.8, 4) is 5.75 Å². The molecule has 0 bridgehead atoms. The van der Waals surface area contributed by atoms with Gasteiger partial charge in [0, 0.05) is 18.8 Å². The number of piperidine rings is 1. The predicted octanol–water partition coefficient (Wildman–Crippen LogP) is 4.74. The summed E-state index contributed by atoms with van der Waals surface area (Å²) in [5.74, 6) is -0.0306. The predicted molar refractivity (Wildman–Crippen MR) is 119 cm³/mol. The van der Waals surface area contributed by atoms with Gasteiger partial charge >= 0.3 is 0 Å². The van der Waals surface area contributed by atoms with E-state index in [9.17, 15) is 13.2 Å². The van der Waals surface area contributed by atoms with Crippen LogP contribution in [0.25, 0.3) is 0 Å². The van der Waals surface area contributed by atoms with Crippen LogP contribution in [-0.4, -0.2) is 38.3 Å². The van der Waals surface area contributed by atoms with Crippen LogP contribution in [0.4, 0.5) is 5.69 Å². The van der Waals surface area contributed by atoms with Gasteiger partial charge in [-0.25, -0.2) is 8.42 Å².